The molecule has 2 fully saturated rings. The van der Waals surface area contributed by atoms with Gasteiger partial charge in [-0.25, -0.2) is 12.8 Å². The van der Waals surface area contributed by atoms with Crippen LogP contribution in [-0.2, 0) is 15.8 Å². The van der Waals surface area contributed by atoms with E-state index in [0.717, 1.165) is 26.2 Å². The average Bonchev–Trinajstić information content (AvgIpc) is 2.40. The van der Waals surface area contributed by atoms with E-state index in [1.807, 2.05) is 0 Å². The van der Waals surface area contributed by atoms with Crippen molar-refractivity contribution in [1.29, 1.82) is 0 Å². The number of hydrogen-bond acceptors (Lipinski definition) is 4. The Morgan fingerprint density at radius 3 is 2.24 bits per heavy atom. The van der Waals surface area contributed by atoms with E-state index in [1.165, 1.54) is 24.3 Å². The fraction of sp³-hybridized carbons (Fsp3) is 0.571. The normalized spacial score (nSPS) is 22.1. The highest BCUT2D eigenvalue weighted by atomic mass is 32.2. The van der Waals surface area contributed by atoms with Crippen molar-refractivity contribution in [2.24, 2.45) is 0 Å². The number of sulfonamides is 1. The van der Waals surface area contributed by atoms with Crippen molar-refractivity contribution in [1.82, 2.24) is 14.5 Å². The quantitative estimate of drug-likeness (QED) is 0.865. The monoisotopic (exact) mass is 313 g/mol. The molecule has 21 heavy (non-hydrogen) atoms. The molecule has 2 saturated heterocycles. The Labute approximate surface area is 124 Å². The van der Waals surface area contributed by atoms with E-state index in [1.54, 1.807) is 4.31 Å². The Balaban J connectivity index is 1.59. The molecule has 7 heteroatoms. The Kier molecular flexibility index (Phi) is 4.26. The molecule has 0 radical (unpaired) electrons. The summed E-state index contributed by atoms with van der Waals surface area (Å²) >= 11 is 0. The molecule has 0 bridgehead atoms. The lowest BCUT2D eigenvalue weighted by atomic mass is 10.1. The molecule has 1 aromatic carbocycles. The van der Waals surface area contributed by atoms with Crippen LogP contribution in [0.4, 0.5) is 4.39 Å². The van der Waals surface area contributed by atoms with Gasteiger partial charge in [0.05, 0.1) is 5.75 Å². The van der Waals surface area contributed by atoms with Crippen LogP contribution in [0.1, 0.15) is 5.56 Å². The van der Waals surface area contributed by atoms with Gasteiger partial charge >= 0.3 is 0 Å². The summed E-state index contributed by atoms with van der Waals surface area (Å²) in [5, 5.41) is 3.23. The van der Waals surface area contributed by atoms with E-state index in [4.69, 9.17) is 0 Å². The summed E-state index contributed by atoms with van der Waals surface area (Å²) in [5.74, 6) is -0.406. The number of hydrogen-bond donors (Lipinski definition) is 1. The van der Waals surface area contributed by atoms with Crippen molar-refractivity contribution in [3.05, 3.63) is 35.6 Å². The van der Waals surface area contributed by atoms with Crippen molar-refractivity contribution in [2.45, 2.75) is 11.8 Å². The van der Waals surface area contributed by atoms with Gasteiger partial charge in [0.15, 0.2) is 0 Å². The molecule has 0 unspecified atom stereocenters. The fourth-order valence-corrected chi connectivity index (χ4v) is 4.28. The van der Waals surface area contributed by atoms with Gasteiger partial charge in [-0.2, -0.15) is 4.31 Å². The van der Waals surface area contributed by atoms with Gasteiger partial charge in [-0.05, 0) is 17.7 Å². The van der Waals surface area contributed by atoms with Crippen LogP contribution in [0.2, 0.25) is 0 Å². The standard InChI is InChI=1S/C14H20FN3O2S/c15-13-3-1-12(2-4-13)11-21(19,20)18-7-5-17(6-8-18)14-9-16-10-14/h1-4,14,16H,5-11H2. The molecule has 1 N–H and O–H groups in total. The molecular weight excluding hydrogens is 293 g/mol. The highest BCUT2D eigenvalue weighted by Crippen LogP contribution is 2.16. The van der Waals surface area contributed by atoms with Crippen LogP contribution in [-0.4, -0.2) is 62.9 Å². The third-order valence-corrected chi connectivity index (χ3v) is 6.06. The SMILES string of the molecule is O=S(=O)(Cc1ccc(F)cc1)N1CCN(C2CNC2)CC1. The Morgan fingerprint density at radius 1 is 1.10 bits per heavy atom. The van der Waals surface area contributed by atoms with E-state index >= 15 is 0 Å². The van der Waals surface area contributed by atoms with Crippen molar-refractivity contribution < 1.29 is 12.8 Å². The lowest BCUT2D eigenvalue weighted by Gasteiger charge is -2.42. The summed E-state index contributed by atoms with van der Waals surface area (Å²) in [6, 6.07) is 6.22. The first-order chi connectivity index (χ1) is 10.0. The van der Waals surface area contributed by atoms with E-state index in [9.17, 15) is 12.8 Å². The maximum atomic E-state index is 12.9. The smallest absolute Gasteiger partial charge is 0.218 e. The highest BCUT2D eigenvalue weighted by Gasteiger charge is 2.31. The molecule has 0 atom stereocenters. The predicted octanol–water partition coefficient (Wildman–Crippen LogP) is 0.245. The second-order valence-electron chi connectivity index (χ2n) is 5.63. The molecule has 0 spiro atoms. The molecule has 5 nitrogen and oxygen atoms in total. The summed E-state index contributed by atoms with van der Waals surface area (Å²) in [7, 11) is -3.32. The van der Waals surface area contributed by atoms with Gasteiger partial charge < -0.3 is 5.32 Å². The summed E-state index contributed by atoms with van der Waals surface area (Å²) in [6.07, 6.45) is 0. The summed E-state index contributed by atoms with van der Waals surface area (Å²) in [5.41, 5.74) is 0.627. The van der Waals surface area contributed by atoms with Crippen LogP contribution < -0.4 is 5.32 Å². The Bertz CT molecular complexity index is 579. The minimum atomic E-state index is -3.32. The zero-order chi connectivity index (χ0) is 14.9. The van der Waals surface area contributed by atoms with E-state index in [0.29, 0.717) is 24.7 Å². The number of benzene rings is 1. The number of nitrogens with zero attached hydrogens (tertiary/aromatic N) is 2. The van der Waals surface area contributed by atoms with E-state index in [-0.39, 0.29) is 11.6 Å². The van der Waals surface area contributed by atoms with Gasteiger partial charge in [0.1, 0.15) is 5.82 Å². The van der Waals surface area contributed by atoms with Gasteiger partial charge in [-0.1, -0.05) is 12.1 Å². The molecule has 0 aromatic heterocycles. The predicted molar refractivity (Wildman–Crippen MR) is 78.8 cm³/mol. The lowest BCUT2D eigenvalue weighted by molar-refractivity contribution is 0.103. The molecule has 2 aliphatic rings. The molecule has 116 valence electrons. The zero-order valence-corrected chi connectivity index (χ0v) is 12.7. The van der Waals surface area contributed by atoms with Crippen LogP contribution >= 0.6 is 0 Å². The third-order valence-electron chi connectivity index (χ3n) is 4.21. The van der Waals surface area contributed by atoms with Crippen LogP contribution in [0.5, 0.6) is 0 Å². The van der Waals surface area contributed by atoms with Gasteiger partial charge in [-0.15, -0.1) is 0 Å². The average molecular weight is 313 g/mol. The maximum Gasteiger partial charge on any atom is 0.218 e. The molecule has 2 aliphatic heterocycles. The lowest BCUT2D eigenvalue weighted by Crippen LogP contribution is -2.62. The second kappa shape index (κ2) is 6.00. The Hall–Kier alpha value is -1.02. The van der Waals surface area contributed by atoms with Crippen LogP contribution in [0.25, 0.3) is 0 Å². The van der Waals surface area contributed by atoms with Crippen molar-refractivity contribution in [3.8, 4) is 0 Å². The van der Waals surface area contributed by atoms with Crippen molar-refractivity contribution >= 4 is 10.0 Å². The van der Waals surface area contributed by atoms with Crippen molar-refractivity contribution in [3.63, 3.8) is 0 Å². The van der Waals surface area contributed by atoms with Crippen LogP contribution in [0, 0.1) is 5.82 Å². The summed E-state index contributed by atoms with van der Waals surface area (Å²) in [6.45, 7) is 4.66. The summed E-state index contributed by atoms with van der Waals surface area (Å²) < 4.78 is 39.2. The number of rotatable bonds is 4. The molecular formula is C14H20FN3O2S. The number of halogens is 1. The van der Waals surface area contributed by atoms with Gasteiger partial charge in [-0.3, -0.25) is 4.90 Å². The van der Waals surface area contributed by atoms with E-state index in [2.05, 4.69) is 10.2 Å². The first-order valence-corrected chi connectivity index (χ1v) is 8.82. The van der Waals surface area contributed by atoms with Gasteiger partial charge in [0.25, 0.3) is 0 Å². The topological polar surface area (TPSA) is 52.7 Å². The first kappa shape index (κ1) is 14.9. The highest BCUT2D eigenvalue weighted by molar-refractivity contribution is 7.88. The third kappa shape index (κ3) is 3.42. The minimum absolute atomic E-state index is 0.0573. The van der Waals surface area contributed by atoms with Crippen molar-refractivity contribution in [2.75, 3.05) is 39.3 Å². The zero-order valence-electron chi connectivity index (χ0n) is 11.8. The molecule has 2 heterocycles. The van der Waals surface area contributed by atoms with E-state index < -0.39 is 10.0 Å². The second-order valence-corrected chi connectivity index (χ2v) is 7.60. The molecule has 1 aromatic rings. The Morgan fingerprint density at radius 2 is 1.71 bits per heavy atom. The van der Waals surface area contributed by atoms with Crippen LogP contribution in [0.15, 0.2) is 24.3 Å². The maximum absolute atomic E-state index is 12.9. The molecule has 0 amide bonds. The number of piperazine rings is 1. The van der Waals surface area contributed by atoms with Gasteiger partial charge in [0, 0.05) is 45.3 Å². The minimum Gasteiger partial charge on any atom is -0.314 e. The first-order valence-electron chi connectivity index (χ1n) is 7.22. The molecule has 3 rings (SSSR count). The molecule has 0 aliphatic carbocycles. The van der Waals surface area contributed by atoms with Crippen LogP contribution in [0.3, 0.4) is 0 Å². The largest absolute Gasteiger partial charge is 0.314 e. The molecule has 0 saturated carbocycles. The fourth-order valence-electron chi connectivity index (χ4n) is 2.76. The summed E-state index contributed by atoms with van der Waals surface area (Å²) in [4.78, 5) is 2.35. The number of nitrogens with one attached hydrogen (secondary N) is 1. The van der Waals surface area contributed by atoms with Gasteiger partial charge in [0.2, 0.25) is 10.0 Å².